The Morgan fingerprint density at radius 1 is 1.07 bits per heavy atom. The summed E-state index contributed by atoms with van der Waals surface area (Å²) in [7, 11) is 3.23. The Balaban J connectivity index is 1.66. The van der Waals surface area contributed by atoms with Crippen LogP contribution in [0.1, 0.15) is 25.0 Å². The number of benzene rings is 2. The Kier molecular flexibility index (Phi) is 5.40. The van der Waals surface area contributed by atoms with Crippen molar-refractivity contribution in [3.8, 4) is 11.5 Å². The number of methoxy groups -OCH3 is 2. The van der Waals surface area contributed by atoms with Crippen molar-refractivity contribution in [2.24, 2.45) is 0 Å². The number of H-pyrrole nitrogens is 1. The predicted molar refractivity (Wildman–Crippen MR) is 108 cm³/mol. The monoisotopic (exact) mass is 366 g/mol. The van der Waals surface area contributed by atoms with Crippen LogP contribution < -0.4 is 14.8 Å². The first-order chi connectivity index (χ1) is 13.0. The van der Waals surface area contributed by atoms with Gasteiger partial charge in [0.05, 0.1) is 19.6 Å². The van der Waals surface area contributed by atoms with Crippen LogP contribution in [0.4, 0.5) is 0 Å². The van der Waals surface area contributed by atoms with Crippen molar-refractivity contribution in [1.29, 1.82) is 0 Å². The molecule has 0 radical (unpaired) electrons. The van der Waals surface area contributed by atoms with Gasteiger partial charge in [-0.15, -0.1) is 0 Å². The van der Waals surface area contributed by atoms with Crippen LogP contribution in [0.3, 0.4) is 0 Å². The summed E-state index contributed by atoms with van der Waals surface area (Å²) in [5.74, 6) is 1.40. The van der Waals surface area contributed by atoms with Gasteiger partial charge in [-0.05, 0) is 49.6 Å². The van der Waals surface area contributed by atoms with Gasteiger partial charge >= 0.3 is 0 Å². The van der Waals surface area contributed by atoms with Gasteiger partial charge in [0.1, 0.15) is 0 Å². The number of hydrogen-bond donors (Lipinski definition) is 2. The molecule has 3 rings (SSSR count). The van der Waals surface area contributed by atoms with Crippen molar-refractivity contribution in [2.45, 2.75) is 25.7 Å². The molecule has 0 unspecified atom stereocenters. The number of aromatic amines is 1. The van der Waals surface area contributed by atoms with Crippen LogP contribution in [0.15, 0.2) is 48.7 Å². The van der Waals surface area contributed by atoms with E-state index in [0.717, 1.165) is 28.5 Å². The molecular formula is C22H26N2O3. The van der Waals surface area contributed by atoms with Gasteiger partial charge in [-0.3, -0.25) is 4.79 Å². The summed E-state index contributed by atoms with van der Waals surface area (Å²) in [6, 6.07) is 13.8. The molecule has 1 aromatic heterocycles. The summed E-state index contributed by atoms with van der Waals surface area (Å²) >= 11 is 0. The molecule has 0 spiro atoms. The highest BCUT2D eigenvalue weighted by molar-refractivity contribution is 5.94. The zero-order valence-corrected chi connectivity index (χ0v) is 16.3. The van der Waals surface area contributed by atoms with Gasteiger partial charge in [0, 0.05) is 23.6 Å². The molecule has 0 saturated carbocycles. The van der Waals surface area contributed by atoms with E-state index in [1.165, 1.54) is 0 Å². The topological polar surface area (TPSA) is 63.3 Å². The van der Waals surface area contributed by atoms with Crippen LogP contribution >= 0.6 is 0 Å². The fourth-order valence-electron chi connectivity index (χ4n) is 3.29. The molecule has 0 fully saturated rings. The molecule has 1 amide bonds. The number of carbonyl (C=O) groups excluding carboxylic acids is 1. The van der Waals surface area contributed by atoms with E-state index in [2.05, 4.69) is 10.3 Å². The van der Waals surface area contributed by atoms with Gasteiger partial charge in [0.15, 0.2) is 11.5 Å². The van der Waals surface area contributed by atoms with E-state index in [1.807, 2.05) is 62.5 Å². The molecule has 0 saturated heterocycles. The van der Waals surface area contributed by atoms with Crippen molar-refractivity contribution in [3.63, 3.8) is 0 Å². The van der Waals surface area contributed by atoms with Gasteiger partial charge in [0.25, 0.3) is 0 Å². The fraction of sp³-hybridized carbons (Fsp3) is 0.318. The lowest BCUT2D eigenvalue weighted by atomic mass is 9.83. The maximum Gasteiger partial charge on any atom is 0.230 e. The molecule has 0 atom stereocenters. The van der Waals surface area contributed by atoms with E-state index in [1.54, 1.807) is 14.2 Å². The standard InChI is InChI=1S/C22H26N2O3/c1-22(2,17-14-24-18-8-6-5-7-16(17)18)21(25)23-12-11-15-9-10-19(26-3)20(13-15)27-4/h5-10,13-14,24H,11-12H2,1-4H3,(H,23,25). The van der Waals surface area contributed by atoms with Gasteiger partial charge in [-0.2, -0.15) is 0 Å². The molecule has 2 N–H and O–H groups in total. The minimum atomic E-state index is -0.628. The summed E-state index contributed by atoms with van der Waals surface area (Å²) in [4.78, 5) is 16.1. The van der Waals surface area contributed by atoms with E-state index < -0.39 is 5.41 Å². The molecule has 0 aliphatic rings. The lowest BCUT2D eigenvalue weighted by Gasteiger charge is -2.23. The van der Waals surface area contributed by atoms with Crippen molar-refractivity contribution in [2.75, 3.05) is 20.8 Å². The minimum Gasteiger partial charge on any atom is -0.493 e. The molecule has 0 bridgehead atoms. The average Bonchev–Trinajstić information content (AvgIpc) is 3.12. The highest BCUT2D eigenvalue weighted by Gasteiger charge is 2.31. The molecule has 27 heavy (non-hydrogen) atoms. The van der Waals surface area contributed by atoms with E-state index in [4.69, 9.17) is 9.47 Å². The summed E-state index contributed by atoms with van der Waals surface area (Å²) in [5.41, 5.74) is 2.50. The summed E-state index contributed by atoms with van der Waals surface area (Å²) in [5, 5.41) is 4.15. The van der Waals surface area contributed by atoms with Crippen LogP contribution in [-0.4, -0.2) is 31.7 Å². The molecule has 2 aromatic carbocycles. The van der Waals surface area contributed by atoms with Crippen LogP contribution in [0.5, 0.6) is 11.5 Å². The van der Waals surface area contributed by atoms with Gasteiger partial charge in [-0.1, -0.05) is 24.3 Å². The van der Waals surface area contributed by atoms with Crippen LogP contribution in [0, 0.1) is 0 Å². The van der Waals surface area contributed by atoms with E-state index >= 15 is 0 Å². The number of ether oxygens (including phenoxy) is 2. The van der Waals surface area contributed by atoms with E-state index in [0.29, 0.717) is 18.0 Å². The Morgan fingerprint density at radius 3 is 2.56 bits per heavy atom. The quantitative estimate of drug-likeness (QED) is 0.668. The largest absolute Gasteiger partial charge is 0.493 e. The molecule has 0 aliphatic carbocycles. The van der Waals surface area contributed by atoms with Gasteiger partial charge in [-0.25, -0.2) is 0 Å². The molecular weight excluding hydrogens is 340 g/mol. The highest BCUT2D eigenvalue weighted by Crippen LogP contribution is 2.31. The number of nitrogens with one attached hydrogen (secondary N) is 2. The van der Waals surface area contributed by atoms with Crippen LogP contribution in [-0.2, 0) is 16.6 Å². The molecule has 5 heteroatoms. The van der Waals surface area contributed by atoms with Crippen LogP contribution in [0.2, 0.25) is 0 Å². The fourth-order valence-corrected chi connectivity index (χ4v) is 3.29. The zero-order chi connectivity index (χ0) is 19.4. The Hall–Kier alpha value is -2.95. The number of carbonyl (C=O) groups is 1. The van der Waals surface area contributed by atoms with Crippen molar-refractivity contribution < 1.29 is 14.3 Å². The molecule has 1 heterocycles. The Bertz CT molecular complexity index is 944. The number of hydrogen-bond acceptors (Lipinski definition) is 3. The maximum absolute atomic E-state index is 12.9. The Morgan fingerprint density at radius 2 is 1.81 bits per heavy atom. The van der Waals surface area contributed by atoms with E-state index in [-0.39, 0.29) is 5.91 Å². The van der Waals surface area contributed by atoms with Crippen LogP contribution in [0.25, 0.3) is 10.9 Å². The second-order valence-electron chi connectivity index (χ2n) is 7.07. The third-order valence-electron chi connectivity index (χ3n) is 4.98. The second kappa shape index (κ2) is 7.74. The maximum atomic E-state index is 12.9. The summed E-state index contributed by atoms with van der Waals surface area (Å²) in [6.45, 7) is 4.46. The van der Waals surface area contributed by atoms with Crippen molar-refractivity contribution in [3.05, 3.63) is 59.8 Å². The highest BCUT2D eigenvalue weighted by atomic mass is 16.5. The van der Waals surface area contributed by atoms with Gasteiger partial charge < -0.3 is 19.8 Å². The lowest BCUT2D eigenvalue weighted by molar-refractivity contribution is -0.125. The third-order valence-corrected chi connectivity index (χ3v) is 4.98. The summed E-state index contributed by atoms with van der Waals surface area (Å²) < 4.78 is 10.6. The average molecular weight is 366 g/mol. The van der Waals surface area contributed by atoms with Gasteiger partial charge in [0.2, 0.25) is 5.91 Å². The first-order valence-electron chi connectivity index (χ1n) is 9.03. The molecule has 142 valence electrons. The summed E-state index contributed by atoms with van der Waals surface area (Å²) in [6.07, 6.45) is 2.65. The zero-order valence-electron chi connectivity index (χ0n) is 16.3. The number of amides is 1. The smallest absolute Gasteiger partial charge is 0.230 e. The Labute approximate surface area is 159 Å². The molecule has 0 aliphatic heterocycles. The number of fused-ring (bicyclic) bond motifs is 1. The first kappa shape index (κ1) is 18.8. The first-order valence-corrected chi connectivity index (χ1v) is 9.03. The normalized spacial score (nSPS) is 11.4. The van der Waals surface area contributed by atoms with Crippen molar-refractivity contribution in [1.82, 2.24) is 10.3 Å². The number of rotatable bonds is 7. The van der Waals surface area contributed by atoms with Crippen molar-refractivity contribution >= 4 is 16.8 Å². The molecule has 3 aromatic rings. The SMILES string of the molecule is COc1ccc(CCNC(=O)C(C)(C)c2c[nH]c3ccccc23)cc1OC. The number of para-hydroxylation sites is 1. The lowest BCUT2D eigenvalue weighted by Crippen LogP contribution is -2.40. The number of aromatic nitrogens is 1. The minimum absolute atomic E-state index is 0.00716. The predicted octanol–water partition coefficient (Wildman–Crippen LogP) is 3.82. The third kappa shape index (κ3) is 3.77. The van der Waals surface area contributed by atoms with E-state index in [9.17, 15) is 4.79 Å². The second-order valence-corrected chi connectivity index (χ2v) is 7.07. The molecule has 5 nitrogen and oxygen atoms in total.